The average molecular weight is 225 g/mol. The summed E-state index contributed by atoms with van der Waals surface area (Å²) in [5, 5.41) is 10.2. The largest absolute Gasteiger partial charge is 0.368 e. The molecule has 11 heavy (non-hydrogen) atoms. The molecule has 0 fully saturated rings. The molecule has 1 N–H and O–H groups in total. The van der Waals surface area contributed by atoms with Crippen LogP contribution in [0.3, 0.4) is 0 Å². The van der Waals surface area contributed by atoms with Crippen molar-refractivity contribution in [1.29, 1.82) is 0 Å². The molecule has 68 valence electrons. The summed E-state index contributed by atoms with van der Waals surface area (Å²) in [6.45, 7) is 4.24. The summed E-state index contributed by atoms with van der Waals surface area (Å²) in [5.41, 5.74) is 0.152. The number of hydrogen-bond donors (Lipinski definition) is 1. The van der Waals surface area contributed by atoms with Crippen molar-refractivity contribution < 1.29 is 9.84 Å². The van der Waals surface area contributed by atoms with E-state index in [2.05, 4.69) is 29.8 Å². The number of hydrogen-bond acceptors (Lipinski definition) is 2. The number of ether oxygens (including phenoxy) is 1. The van der Waals surface area contributed by atoms with Crippen LogP contribution in [0.5, 0.6) is 0 Å². The third-order valence-corrected chi connectivity index (χ3v) is 2.17. The minimum absolute atomic E-state index is 0.152. The summed E-state index contributed by atoms with van der Waals surface area (Å²) in [6, 6.07) is 0. The number of alkyl halides is 1. The van der Waals surface area contributed by atoms with E-state index in [0.717, 1.165) is 11.8 Å². The highest BCUT2D eigenvalue weighted by atomic mass is 79.9. The molecule has 0 aromatic carbocycles. The Morgan fingerprint density at radius 3 is 2.45 bits per heavy atom. The van der Waals surface area contributed by atoms with Crippen molar-refractivity contribution >= 4 is 15.9 Å². The van der Waals surface area contributed by atoms with Gasteiger partial charge < -0.3 is 9.84 Å². The van der Waals surface area contributed by atoms with Gasteiger partial charge >= 0.3 is 0 Å². The van der Waals surface area contributed by atoms with Gasteiger partial charge in [0.1, 0.15) is 0 Å². The molecule has 0 amide bonds. The molecule has 0 aromatic heterocycles. The van der Waals surface area contributed by atoms with Gasteiger partial charge in [-0.3, -0.25) is 0 Å². The van der Waals surface area contributed by atoms with Gasteiger partial charge in [0.05, 0.1) is 0 Å². The fraction of sp³-hybridized carbons (Fsp3) is 1.00. The predicted molar refractivity (Wildman–Crippen MR) is 49.8 cm³/mol. The maximum atomic E-state index is 9.18. The lowest BCUT2D eigenvalue weighted by Crippen LogP contribution is -2.22. The highest BCUT2D eigenvalue weighted by Crippen LogP contribution is 2.27. The van der Waals surface area contributed by atoms with Crippen LogP contribution in [0.15, 0.2) is 0 Å². The van der Waals surface area contributed by atoms with Crippen LogP contribution >= 0.6 is 15.9 Å². The topological polar surface area (TPSA) is 29.5 Å². The first-order valence-electron chi connectivity index (χ1n) is 3.78. The van der Waals surface area contributed by atoms with Crippen LogP contribution in [0, 0.1) is 5.41 Å². The first kappa shape index (κ1) is 11.4. The van der Waals surface area contributed by atoms with E-state index in [1.165, 1.54) is 7.11 Å². The van der Waals surface area contributed by atoms with Gasteiger partial charge in [-0.05, 0) is 11.8 Å². The lowest BCUT2D eigenvalue weighted by atomic mass is 9.86. The summed E-state index contributed by atoms with van der Waals surface area (Å²) < 4.78 is 4.77. The Balaban J connectivity index is 3.70. The molecular weight excluding hydrogens is 208 g/mol. The Labute approximate surface area is 77.1 Å². The molecule has 0 aliphatic carbocycles. The minimum Gasteiger partial charge on any atom is -0.368 e. The van der Waals surface area contributed by atoms with E-state index in [4.69, 9.17) is 4.74 Å². The molecule has 2 nitrogen and oxygen atoms in total. The lowest BCUT2D eigenvalue weighted by molar-refractivity contribution is -0.0970. The average Bonchev–Trinajstić information content (AvgIpc) is 1.86. The van der Waals surface area contributed by atoms with Crippen LogP contribution in [0.1, 0.15) is 26.7 Å². The fourth-order valence-electron chi connectivity index (χ4n) is 0.914. The quantitative estimate of drug-likeness (QED) is 0.573. The molecule has 0 aromatic rings. The van der Waals surface area contributed by atoms with Crippen LogP contribution in [0.4, 0.5) is 0 Å². The molecule has 0 bridgehead atoms. The second-order valence-corrected chi connectivity index (χ2v) is 4.29. The van der Waals surface area contributed by atoms with Crippen LogP contribution in [0.25, 0.3) is 0 Å². The summed E-state index contributed by atoms with van der Waals surface area (Å²) >= 11 is 3.37. The summed E-state index contributed by atoms with van der Waals surface area (Å²) in [7, 11) is 1.52. The van der Waals surface area contributed by atoms with Crippen LogP contribution in [-0.2, 0) is 4.74 Å². The number of rotatable bonds is 5. The van der Waals surface area contributed by atoms with Crippen molar-refractivity contribution in [3.05, 3.63) is 0 Å². The molecule has 0 aliphatic heterocycles. The molecule has 0 spiro atoms. The maximum absolute atomic E-state index is 9.18. The number of halogens is 1. The van der Waals surface area contributed by atoms with Gasteiger partial charge in [-0.25, -0.2) is 0 Å². The molecule has 1 unspecified atom stereocenters. The van der Waals surface area contributed by atoms with Crippen LogP contribution in [-0.4, -0.2) is 23.8 Å². The van der Waals surface area contributed by atoms with E-state index in [1.807, 2.05) is 0 Å². The van der Waals surface area contributed by atoms with Gasteiger partial charge in [0.2, 0.25) is 0 Å². The molecule has 0 saturated heterocycles. The standard InChI is InChI=1S/C8H17BrO2/c1-8(2,4-5-9)6-7(10)11-3/h7,10H,4-6H2,1-3H3. The number of methoxy groups -OCH3 is 1. The highest BCUT2D eigenvalue weighted by molar-refractivity contribution is 9.09. The maximum Gasteiger partial charge on any atom is 0.154 e. The Morgan fingerprint density at radius 2 is 2.09 bits per heavy atom. The van der Waals surface area contributed by atoms with Crippen molar-refractivity contribution in [3.8, 4) is 0 Å². The summed E-state index contributed by atoms with van der Waals surface area (Å²) in [5.74, 6) is 0. The Hall–Kier alpha value is 0.400. The molecular formula is C8H17BrO2. The third-order valence-electron chi connectivity index (χ3n) is 1.77. The van der Waals surface area contributed by atoms with Crippen LogP contribution < -0.4 is 0 Å². The fourth-order valence-corrected chi connectivity index (χ4v) is 1.99. The zero-order valence-corrected chi connectivity index (χ0v) is 9.02. The normalized spacial score (nSPS) is 15.0. The van der Waals surface area contributed by atoms with E-state index >= 15 is 0 Å². The lowest BCUT2D eigenvalue weighted by Gasteiger charge is -2.25. The van der Waals surface area contributed by atoms with E-state index in [-0.39, 0.29) is 5.41 Å². The molecule has 0 radical (unpaired) electrons. The molecule has 0 heterocycles. The van der Waals surface area contributed by atoms with Gasteiger partial charge in [0, 0.05) is 18.9 Å². The predicted octanol–water partition coefficient (Wildman–Crippen LogP) is 2.15. The zero-order chi connectivity index (χ0) is 8.91. The van der Waals surface area contributed by atoms with E-state index < -0.39 is 6.29 Å². The van der Waals surface area contributed by atoms with Crippen molar-refractivity contribution in [3.63, 3.8) is 0 Å². The van der Waals surface area contributed by atoms with E-state index in [0.29, 0.717) is 6.42 Å². The first-order chi connectivity index (χ1) is 5.02. The van der Waals surface area contributed by atoms with Gasteiger partial charge in [-0.1, -0.05) is 29.8 Å². The van der Waals surface area contributed by atoms with E-state index in [1.54, 1.807) is 0 Å². The molecule has 0 rings (SSSR count). The SMILES string of the molecule is COC(O)CC(C)(C)CCBr. The number of aliphatic hydroxyl groups excluding tert-OH is 1. The van der Waals surface area contributed by atoms with Gasteiger partial charge in [-0.2, -0.15) is 0 Å². The molecule has 1 atom stereocenters. The second-order valence-electron chi connectivity index (χ2n) is 3.50. The van der Waals surface area contributed by atoms with Crippen molar-refractivity contribution in [2.45, 2.75) is 33.0 Å². The number of aliphatic hydroxyl groups is 1. The molecule has 0 aliphatic rings. The Morgan fingerprint density at radius 1 is 1.55 bits per heavy atom. The zero-order valence-electron chi connectivity index (χ0n) is 7.43. The third kappa shape index (κ3) is 5.65. The first-order valence-corrected chi connectivity index (χ1v) is 4.91. The molecule has 0 saturated carbocycles. The van der Waals surface area contributed by atoms with Crippen molar-refractivity contribution in [2.75, 3.05) is 12.4 Å². The van der Waals surface area contributed by atoms with Crippen molar-refractivity contribution in [1.82, 2.24) is 0 Å². The Bertz CT molecular complexity index is 104. The smallest absolute Gasteiger partial charge is 0.154 e. The van der Waals surface area contributed by atoms with E-state index in [9.17, 15) is 5.11 Å². The van der Waals surface area contributed by atoms with Gasteiger partial charge in [0.15, 0.2) is 6.29 Å². The highest BCUT2D eigenvalue weighted by Gasteiger charge is 2.20. The van der Waals surface area contributed by atoms with Crippen molar-refractivity contribution in [2.24, 2.45) is 5.41 Å². The van der Waals surface area contributed by atoms with Gasteiger partial charge in [0.25, 0.3) is 0 Å². The second kappa shape index (κ2) is 5.12. The monoisotopic (exact) mass is 224 g/mol. The summed E-state index contributed by atoms with van der Waals surface area (Å²) in [6.07, 6.45) is 1.12. The Kier molecular flexibility index (Phi) is 5.30. The van der Waals surface area contributed by atoms with Gasteiger partial charge in [-0.15, -0.1) is 0 Å². The van der Waals surface area contributed by atoms with Crippen LogP contribution in [0.2, 0.25) is 0 Å². The molecule has 3 heteroatoms. The summed E-state index contributed by atoms with van der Waals surface area (Å²) in [4.78, 5) is 0. The minimum atomic E-state index is -0.621.